The first-order chi connectivity index (χ1) is 20.4. The molecule has 4 rings (SSSR count). The van der Waals surface area contributed by atoms with Gasteiger partial charge in [-0.25, -0.2) is 15.1 Å². The summed E-state index contributed by atoms with van der Waals surface area (Å²) in [5.41, 5.74) is -1.40. The van der Waals surface area contributed by atoms with Gasteiger partial charge in [0.25, 0.3) is 5.82 Å². The van der Waals surface area contributed by atoms with E-state index in [1.807, 2.05) is 0 Å². The number of nitrogens with zero attached hydrogens (tertiary/aromatic N) is 3. The number of fused-ring (bicyclic) bond motifs is 2. The molecule has 0 amide bonds. The Morgan fingerprint density at radius 1 is 0.977 bits per heavy atom. The van der Waals surface area contributed by atoms with Gasteiger partial charge in [-0.05, 0) is 30.3 Å². The fourth-order valence-corrected chi connectivity index (χ4v) is 4.56. The van der Waals surface area contributed by atoms with Crippen LogP contribution in [0.25, 0.3) is 17.1 Å². The molecular weight excluding hydrogens is 654 g/mol. The van der Waals surface area contributed by atoms with Crippen LogP contribution in [0.15, 0.2) is 48.3 Å². The van der Waals surface area contributed by atoms with E-state index in [0.717, 1.165) is 29.2 Å². The summed E-state index contributed by atoms with van der Waals surface area (Å²) in [6, 6.07) is 10.1. The van der Waals surface area contributed by atoms with Crippen LogP contribution in [0.2, 0.25) is 5.02 Å². The molecule has 3 aromatic rings. The third kappa shape index (κ3) is 7.33. The molecule has 1 aromatic heterocycles. The largest absolute Gasteiger partial charge is 0.417 e. The van der Waals surface area contributed by atoms with Crippen LogP contribution in [0.4, 0.5) is 37.7 Å². The smallest absolute Gasteiger partial charge is 0.339 e. The van der Waals surface area contributed by atoms with Crippen LogP contribution in [0.1, 0.15) is 17.0 Å². The summed E-state index contributed by atoms with van der Waals surface area (Å²) in [5, 5.41) is 30.6. The van der Waals surface area contributed by atoms with E-state index in [0.29, 0.717) is 29.6 Å². The van der Waals surface area contributed by atoms with Crippen molar-refractivity contribution in [1.82, 2.24) is 4.57 Å². The predicted octanol–water partition coefficient (Wildman–Crippen LogP) is 6.77. The molecule has 0 fully saturated rings. The molecule has 0 aliphatic carbocycles. The molecule has 1 aliphatic rings. The fourth-order valence-electron chi connectivity index (χ4n) is 3.91. The summed E-state index contributed by atoms with van der Waals surface area (Å²) in [7, 11) is 1.57. The van der Waals surface area contributed by atoms with E-state index in [2.05, 4.69) is 46.7 Å². The van der Waals surface area contributed by atoms with E-state index in [-0.39, 0.29) is 28.5 Å². The van der Waals surface area contributed by atoms with Gasteiger partial charge >= 0.3 is 12.4 Å². The van der Waals surface area contributed by atoms with Gasteiger partial charge in [-0.1, -0.05) is 27.8 Å². The van der Waals surface area contributed by atoms with Crippen LogP contribution < -0.4 is 14.8 Å². The average Bonchev–Trinajstić information content (AvgIpc) is 3.40. The fraction of sp³-hybridized carbons (Fsp3) is 0.125. The Morgan fingerprint density at radius 3 is 2.28 bits per heavy atom. The molecule has 2 aromatic carbocycles. The van der Waals surface area contributed by atoms with Crippen molar-refractivity contribution in [2.75, 3.05) is 10.2 Å². The molecule has 0 spiro atoms. The van der Waals surface area contributed by atoms with E-state index in [9.17, 15) is 26.3 Å². The molecule has 2 heterocycles. The number of halogens is 7. The molecule has 0 unspecified atom stereocenters. The molecule has 43 heavy (non-hydrogen) atoms. The quantitative estimate of drug-likeness (QED) is 0.0497. The molecule has 0 saturated heterocycles. The van der Waals surface area contributed by atoms with Crippen LogP contribution in [0.3, 0.4) is 0 Å². The molecule has 1 aliphatic heterocycles. The molecule has 0 bridgehead atoms. The maximum absolute atomic E-state index is 13.5. The van der Waals surface area contributed by atoms with E-state index >= 15 is 0 Å². The first-order valence-corrected chi connectivity index (χ1v) is 13.0. The van der Waals surface area contributed by atoms with Gasteiger partial charge in [0.05, 0.1) is 34.6 Å². The van der Waals surface area contributed by atoms with Crippen LogP contribution in [0, 0.1) is 22.6 Å². The third-order valence-corrected chi connectivity index (χ3v) is 6.56. The Bertz CT molecular complexity index is 1720. The van der Waals surface area contributed by atoms with Crippen molar-refractivity contribution >= 4 is 64.2 Å². The zero-order valence-electron chi connectivity index (χ0n) is 21.0. The van der Waals surface area contributed by atoms with Crippen LogP contribution in [-0.4, -0.2) is 15.1 Å². The minimum Gasteiger partial charge on any atom is -0.339 e. The number of aryl methyl sites for hydroxylation is 1. The van der Waals surface area contributed by atoms with Crippen molar-refractivity contribution in [2.24, 2.45) is 7.05 Å². The third-order valence-electron chi connectivity index (χ3n) is 5.64. The monoisotopic (exact) mass is 667 g/mol. The Hall–Kier alpha value is -3.56. The van der Waals surface area contributed by atoms with E-state index in [1.165, 1.54) is 28.9 Å². The number of imidazole rings is 1. The summed E-state index contributed by atoms with van der Waals surface area (Å²) in [5.74, 6) is 0.420. The second-order valence-electron chi connectivity index (χ2n) is 8.05. The highest BCUT2D eigenvalue weighted by molar-refractivity contribution is 7.99. The van der Waals surface area contributed by atoms with Crippen LogP contribution in [-0.2, 0) is 38.1 Å². The minimum atomic E-state index is -4.76. The van der Waals surface area contributed by atoms with Crippen LogP contribution in [0.5, 0.6) is 0 Å². The molecular formula is C24H14ClF6N4O6S2+. The second-order valence-corrected chi connectivity index (χ2v) is 9.47. The molecule has 0 atom stereocenters. The number of nitrogens with one attached hydrogen (secondary N) is 1. The number of benzene rings is 2. The number of alkyl halides is 6. The molecule has 19 heteroatoms. The number of aromatic nitrogens is 2. The number of allylic oxidation sites excluding steroid dienone is 2. The molecule has 10 nitrogen and oxygen atoms in total. The first-order valence-electron chi connectivity index (χ1n) is 11.1. The Morgan fingerprint density at radius 2 is 1.65 bits per heavy atom. The number of hydrogen-bond donors (Lipinski definition) is 3. The van der Waals surface area contributed by atoms with Crippen molar-refractivity contribution in [1.29, 1.82) is 0 Å². The average molecular weight is 668 g/mol. The lowest BCUT2D eigenvalue weighted by atomic mass is 10.1. The highest BCUT2D eigenvalue weighted by atomic mass is 35.5. The number of rotatable bonds is 6. The van der Waals surface area contributed by atoms with Gasteiger partial charge in [0.1, 0.15) is 36.0 Å². The molecule has 0 radical (unpaired) electrons. The molecule has 226 valence electrons. The van der Waals surface area contributed by atoms with E-state index in [1.54, 1.807) is 11.6 Å². The maximum atomic E-state index is 13.5. The van der Waals surface area contributed by atoms with Gasteiger partial charge in [-0.3, -0.25) is 4.90 Å². The van der Waals surface area contributed by atoms with Gasteiger partial charge in [0.2, 0.25) is 0 Å². The maximum Gasteiger partial charge on any atom is 0.417 e. The lowest BCUT2D eigenvalue weighted by Crippen LogP contribution is -2.30. The normalized spacial score (nSPS) is 14.1. The van der Waals surface area contributed by atoms with Gasteiger partial charge in [-0.15, -0.1) is 13.2 Å². The summed E-state index contributed by atoms with van der Waals surface area (Å²) in [6.07, 6.45) is -5.08. The van der Waals surface area contributed by atoms with Crippen molar-refractivity contribution < 1.29 is 60.2 Å². The highest BCUT2D eigenvalue weighted by Crippen LogP contribution is 2.44. The van der Waals surface area contributed by atoms with Crippen LogP contribution >= 0.6 is 35.7 Å². The molecule has 0 saturated carbocycles. The van der Waals surface area contributed by atoms with Gasteiger partial charge in [-0.2, -0.15) is 26.3 Å². The number of anilines is 2. The number of hydrogen-bond acceptors (Lipinski definition) is 10. The first kappa shape index (κ1) is 32.4. The van der Waals surface area contributed by atoms with E-state index < -0.39 is 28.5 Å². The van der Waals surface area contributed by atoms with Gasteiger partial charge in [0.15, 0.2) is 11.0 Å². The summed E-state index contributed by atoms with van der Waals surface area (Å²) >= 11 is 6.55. The zero-order chi connectivity index (χ0) is 31.4. The summed E-state index contributed by atoms with van der Waals surface area (Å²) in [4.78, 5) is 1.15. The van der Waals surface area contributed by atoms with Crippen molar-refractivity contribution in [3.63, 3.8) is 0 Å². The predicted molar refractivity (Wildman–Crippen MR) is 144 cm³/mol. The van der Waals surface area contributed by atoms with Crippen molar-refractivity contribution in [3.8, 4) is 22.6 Å². The minimum absolute atomic E-state index is 0.0114. The second kappa shape index (κ2) is 13.4. The molecule has 3 N–H and O–H groups in total. The zero-order valence-corrected chi connectivity index (χ0v) is 23.3. The van der Waals surface area contributed by atoms with E-state index in [4.69, 9.17) is 22.1 Å². The van der Waals surface area contributed by atoms with Gasteiger partial charge < -0.3 is 5.32 Å². The van der Waals surface area contributed by atoms with Crippen molar-refractivity contribution in [2.45, 2.75) is 12.4 Å². The summed E-state index contributed by atoms with van der Waals surface area (Å²) < 4.78 is 91.9. The Balaban J connectivity index is 1.78. The standard InChI is InChI=1S/C24H13ClF6N4O6S2/c1-33-18-6-5-14(23(26,27)28)11-20(18)35(8-10-43-41-39-37)22(33)4-2-3-21-32-17-13-16(25)15(24(29,30)31)12-19(17)34(21)7-9-42-40-38-36/h2-6,11-13,36-37H,1H3/p+1. The Labute approximate surface area is 251 Å². The SMILES string of the molecule is C[n+]1c(/C=C/C=C2\Nc3cc(Cl)c(C(F)(F)F)cc3N2C#CSOOO)n(C#CSOOO)c2cc(C(F)(F)F)ccc21. The van der Waals surface area contributed by atoms with Crippen molar-refractivity contribution in [3.05, 3.63) is 70.3 Å². The van der Waals surface area contributed by atoms with Gasteiger partial charge in [0, 0.05) is 28.7 Å². The topological polar surface area (TPSA) is 101 Å². The summed E-state index contributed by atoms with van der Waals surface area (Å²) in [6.45, 7) is 0. The highest BCUT2D eigenvalue weighted by Gasteiger charge is 2.37. The lowest BCUT2D eigenvalue weighted by molar-refractivity contribution is -0.647. The Kier molecular flexibility index (Phi) is 10.1. The lowest BCUT2D eigenvalue weighted by Gasteiger charge is -2.14.